The summed E-state index contributed by atoms with van der Waals surface area (Å²) in [6, 6.07) is 6.18. The topological polar surface area (TPSA) is 94.5 Å². The van der Waals surface area contributed by atoms with Crippen LogP contribution in [0.2, 0.25) is 0 Å². The lowest BCUT2D eigenvalue weighted by Crippen LogP contribution is -2.06. The van der Waals surface area contributed by atoms with Gasteiger partial charge in [0, 0.05) is 25.4 Å². The van der Waals surface area contributed by atoms with Crippen molar-refractivity contribution < 1.29 is 0 Å². The van der Waals surface area contributed by atoms with Crippen molar-refractivity contribution in [2.75, 3.05) is 11.1 Å². The maximum Gasteiger partial charge on any atom is 0.169 e. The van der Waals surface area contributed by atoms with Crippen molar-refractivity contribution in [3.63, 3.8) is 0 Å². The van der Waals surface area contributed by atoms with Gasteiger partial charge >= 0.3 is 0 Å². The maximum atomic E-state index is 5.95. The summed E-state index contributed by atoms with van der Waals surface area (Å²) in [7, 11) is 1.86. The molecule has 1 aromatic carbocycles. The Balaban J connectivity index is 1.57. The van der Waals surface area contributed by atoms with Crippen LogP contribution in [0.15, 0.2) is 42.3 Å². The molecule has 4 aromatic rings. The first kappa shape index (κ1) is 14.6. The molecule has 4 rings (SSSR count). The first-order chi connectivity index (χ1) is 11.7. The van der Waals surface area contributed by atoms with Crippen LogP contribution < -0.4 is 11.1 Å². The molecule has 0 fully saturated rings. The van der Waals surface area contributed by atoms with E-state index in [9.17, 15) is 0 Å². The fourth-order valence-electron chi connectivity index (χ4n) is 2.42. The van der Waals surface area contributed by atoms with Crippen LogP contribution in [0.25, 0.3) is 21.5 Å². The van der Waals surface area contributed by atoms with E-state index in [0.717, 1.165) is 27.0 Å². The zero-order valence-corrected chi connectivity index (χ0v) is 13.8. The number of nitrogens with zero attached hydrogens (tertiary/aromatic N) is 5. The van der Waals surface area contributed by atoms with Gasteiger partial charge in [0.15, 0.2) is 11.6 Å². The van der Waals surface area contributed by atoms with Gasteiger partial charge in [0.2, 0.25) is 0 Å². The number of aromatic nitrogens is 5. The molecule has 0 aliphatic carbocycles. The lowest BCUT2D eigenvalue weighted by molar-refractivity contribution is 0.768. The number of fused-ring (bicyclic) bond motifs is 1. The summed E-state index contributed by atoms with van der Waals surface area (Å²) in [5.74, 6) is 0.947. The van der Waals surface area contributed by atoms with E-state index in [1.54, 1.807) is 28.4 Å². The minimum absolute atomic E-state index is 0.376. The summed E-state index contributed by atoms with van der Waals surface area (Å²) in [6.07, 6.45) is 5.30. The third-order valence-electron chi connectivity index (χ3n) is 3.66. The van der Waals surface area contributed by atoms with Gasteiger partial charge in [-0.3, -0.25) is 4.68 Å². The summed E-state index contributed by atoms with van der Waals surface area (Å²) < 4.78 is 2.89. The molecule has 0 bridgehead atoms. The highest BCUT2D eigenvalue weighted by Gasteiger charge is 2.08. The molecule has 3 heterocycles. The van der Waals surface area contributed by atoms with Gasteiger partial charge in [-0.25, -0.2) is 15.0 Å². The van der Waals surface area contributed by atoms with Crippen molar-refractivity contribution in [2.24, 2.45) is 7.05 Å². The third-order valence-corrected chi connectivity index (χ3v) is 4.45. The van der Waals surface area contributed by atoms with Crippen LogP contribution in [-0.2, 0) is 13.6 Å². The highest BCUT2D eigenvalue weighted by molar-refractivity contribution is 7.16. The number of nitrogen functional groups attached to an aromatic ring is 1. The molecule has 24 heavy (non-hydrogen) atoms. The predicted octanol–water partition coefficient (Wildman–Crippen LogP) is 2.68. The average Bonchev–Trinajstić information content (AvgIpc) is 3.22. The minimum atomic E-state index is 0.376. The summed E-state index contributed by atoms with van der Waals surface area (Å²) in [5.41, 5.74) is 11.6. The minimum Gasteiger partial charge on any atom is -0.381 e. The summed E-state index contributed by atoms with van der Waals surface area (Å²) in [6.45, 7) is 0.614. The van der Waals surface area contributed by atoms with Crippen molar-refractivity contribution >= 4 is 33.2 Å². The first-order valence-corrected chi connectivity index (χ1v) is 8.24. The fraction of sp³-hybridized carbons (Fsp3) is 0.125. The van der Waals surface area contributed by atoms with Crippen molar-refractivity contribution in [3.05, 3.63) is 47.9 Å². The highest BCUT2D eigenvalue weighted by atomic mass is 32.1. The summed E-state index contributed by atoms with van der Waals surface area (Å²) >= 11 is 1.63. The van der Waals surface area contributed by atoms with Crippen molar-refractivity contribution in [3.8, 4) is 11.3 Å². The SMILES string of the molecule is Cn1cc(-c2cnc(N)c(NCc3ccc4ncsc4c3)n2)cn1. The van der Waals surface area contributed by atoms with Gasteiger partial charge in [-0.1, -0.05) is 6.07 Å². The normalized spacial score (nSPS) is 11.0. The number of thiazole rings is 1. The van der Waals surface area contributed by atoms with E-state index >= 15 is 0 Å². The number of benzene rings is 1. The van der Waals surface area contributed by atoms with E-state index in [1.165, 1.54) is 0 Å². The van der Waals surface area contributed by atoms with Gasteiger partial charge in [0.05, 0.1) is 33.8 Å². The number of nitrogens with two attached hydrogens (primary N) is 1. The summed E-state index contributed by atoms with van der Waals surface area (Å²) in [4.78, 5) is 13.1. The van der Waals surface area contributed by atoms with Gasteiger partial charge in [0.25, 0.3) is 0 Å². The Kier molecular flexibility index (Phi) is 3.58. The van der Waals surface area contributed by atoms with Crippen LogP contribution in [0.4, 0.5) is 11.6 Å². The van der Waals surface area contributed by atoms with E-state index in [2.05, 4.69) is 31.4 Å². The van der Waals surface area contributed by atoms with E-state index in [-0.39, 0.29) is 0 Å². The number of aryl methyl sites for hydroxylation is 1. The molecule has 0 amide bonds. The smallest absolute Gasteiger partial charge is 0.169 e. The maximum absolute atomic E-state index is 5.95. The standard InChI is InChI=1S/C16H15N7S/c1-23-8-11(6-21-23)13-7-18-15(17)16(22-13)19-5-10-2-3-12-14(4-10)24-9-20-12/h2-4,6-9H,5H2,1H3,(H2,17,18)(H,19,22). The molecular weight excluding hydrogens is 322 g/mol. The van der Waals surface area contributed by atoms with Crippen molar-refractivity contribution in [1.82, 2.24) is 24.7 Å². The van der Waals surface area contributed by atoms with E-state index < -0.39 is 0 Å². The monoisotopic (exact) mass is 337 g/mol. The number of hydrogen-bond donors (Lipinski definition) is 2. The Bertz CT molecular complexity index is 1000. The van der Waals surface area contributed by atoms with Crippen LogP contribution in [-0.4, -0.2) is 24.7 Å². The molecule has 0 aliphatic heterocycles. The Morgan fingerprint density at radius 3 is 3.00 bits per heavy atom. The zero-order chi connectivity index (χ0) is 16.5. The number of rotatable bonds is 4. The molecule has 120 valence electrons. The van der Waals surface area contributed by atoms with Crippen LogP contribution in [0.1, 0.15) is 5.56 Å². The molecule has 0 saturated carbocycles. The molecule has 8 heteroatoms. The quantitative estimate of drug-likeness (QED) is 0.594. The van der Waals surface area contributed by atoms with Gasteiger partial charge in [-0.2, -0.15) is 5.10 Å². The number of anilines is 2. The second kappa shape index (κ2) is 5.89. The Morgan fingerprint density at radius 1 is 1.25 bits per heavy atom. The third kappa shape index (κ3) is 2.79. The van der Waals surface area contributed by atoms with Crippen LogP contribution >= 0.6 is 11.3 Å². The van der Waals surface area contributed by atoms with Gasteiger partial charge in [0.1, 0.15) is 0 Å². The molecular formula is C16H15N7S. The lowest BCUT2D eigenvalue weighted by Gasteiger charge is -2.09. The molecule has 7 nitrogen and oxygen atoms in total. The molecule has 3 N–H and O–H groups in total. The molecule has 0 saturated heterocycles. The van der Waals surface area contributed by atoms with E-state index in [0.29, 0.717) is 18.2 Å². The Hall–Kier alpha value is -3.00. The largest absolute Gasteiger partial charge is 0.381 e. The lowest BCUT2D eigenvalue weighted by atomic mass is 10.2. The zero-order valence-electron chi connectivity index (χ0n) is 13.0. The fourth-order valence-corrected chi connectivity index (χ4v) is 3.16. The molecule has 0 unspecified atom stereocenters. The first-order valence-electron chi connectivity index (χ1n) is 7.36. The predicted molar refractivity (Wildman–Crippen MR) is 95.6 cm³/mol. The highest BCUT2D eigenvalue weighted by Crippen LogP contribution is 2.22. The number of hydrogen-bond acceptors (Lipinski definition) is 7. The Labute approximate surface area is 142 Å². The second-order valence-electron chi connectivity index (χ2n) is 5.40. The molecule has 0 atom stereocenters. The Morgan fingerprint density at radius 2 is 2.17 bits per heavy atom. The van der Waals surface area contributed by atoms with E-state index in [4.69, 9.17) is 5.73 Å². The van der Waals surface area contributed by atoms with Crippen LogP contribution in [0.5, 0.6) is 0 Å². The van der Waals surface area contributed by atoms with Gasteiger partial charge < -0.3 is 11.1 Å². The van der Waals surface area contributed by atoms with Crippen LogP contribution in [0.3, 0.4) is 0 Å². The molecule has 3 aromatic heterocycles. The van der Waals surface area contributed by atoms with Gasteiger partial charge in [-0.15, -0.1) is 11.3 Å². The molecule has 0 radical (unpaired) electrons. The van der Waals surface area contributed by atoms with Crippen LogP contribution in [0, 0.1) is 0 Å². The second-order valence-corrected chi connectivity index (χ2v) is 6.29. The van der Waals surface area contributed by atoms with E-state index in [1.807, 2.05) is 30.9 Å². The van der Waals surface area contributed by atoms with Crippen molar-refractivity contribution in [2.45, 2.75) is 6.54 Å². The van der Waals surface area contributed by atoms with Crippen molar-refractivity contribution in [1.29, 1.82) is 0 Å². The molecule has 0 spiro atoms. The van der Waals surface area contributed by atoms with Gasteiger partial charge in [-0.05, 0) is 17.7 Å². The number of nitrogens with one attached hydrogen (secondary N) is 1. The average molecular weight is 337 g/mol. The molecule has 0 aliphatic rings. The summed E-state index contributed by atoms with van der Waals surface area (Å²) in [5, 5.41) is 7.42.